The first-order valence-corrected chi connectivity index (χ1v) is 5.57. The van der Waals surface area contributed by atoms with Crippen LogP contribution in [0.4, 0.5) is 0 Å². The summed E-state index contributed by atoms with van der Waals surface area (Å²) in [6, 6.07) is 0. The lowest BCUT2D eigenvalue weighted by Crippen LogP contribution is -2.20. The van der Waals surface area contributed by atoms with Crippen molar-refractivity contribution >= 4 is 0 Å². The molecule has 0 aromatic rings. The molecule has 1 heteroatoms. The molecule has 74 valence electrons. The molecule has 13 heavy (non-hydrogen) atoms. The zero-order valence-electron chi connectivity index (χ0n) is 8.52. The number of hydrogen-bond acceptors (Lipinski definition) is 1. The van der Waals surface area contributed by atoms with Gasteiger partial charge in [0.15, 0.2) is 0 Å². The fraction of sp³-hybridized carbons (Fsp3) is 0.833. The molecule has 0 amide bonds. The molecule has 0 aromatic heterocycles. The van der Waals surface area contributed by atoms with E-state index in [9.17, 15) is 0 Å². The average Bonchev–Trinajstić information content (AvgIpc) is 2.19. The molecule has 0 radical (unpaired) electrons. The summed E-state index contributed by atoms with van der Waals surface area (Å²) in [5.41, 5.74) is 0. The summed E-state index contributed by atoms with van der Waals surface area (Å²) in [6.45, 7) is 2.15. The molecule has 0 atom stereocenters. The quantitative estimate of drug-likeness (QED) is 0.505. The minimum absolute atomic E-state index is 0.866. The predicted molar refractivity (Wildman–Crippen MR) is 57.5 cm³/mol. The van der Waals surface area contributed by atoms with Gasteiger partial charge in [0.2, 0.25) is 0 Å². The fourth-order valence-corrected chi connectivity index (χ4v) is 2.07. The Morgan fingerprint density at radius 3 is 2.62 bits per heavy atom. The van der Waals surface area contributed by atoms with E-state index in [0.717, 1.165) is 25.4 Å². The van der Waals surface area contributed by atoms with E-state index < -0.39 is 0 Å². The van der Waals surface area contributed by atoms with E-state index in [4.69, 9.17) is 6.42 Å². The van der Waals surface area contributed by atoms with Crippen LogP contribution in [0.15, 0.2) is 0 Å². The SMILES string of the molecule is C#CCCNCCC1CCCCC1. The predicted octanol–water partition coefficient (Wildman–Crippen LogP) is 2.57. The highest BCUT2D eigenvalue weighted by Gasteiger charge is 2.11. The highest BCUT2D eigenvalue weighted by atomic mass is 14.8. The first kappa shape index (κ1) is 10.6. The number of rotatable bonds is 5. The molecule has 0 heterocycles. The standard InChI is InChI=1S/C12H21N/c1-2-3-10-13-11-9-12-7-5-4-6-8-12/h1,12-13H,3-11H2. The molecule has 0 aromatic carbocycles. The fourth-order valence-electron chi connectivity index (χ4n) is 2.07. The summed E-state index contributed by atoms with van der Waals surface area (Å²) in [6.07, 6.45) is 14.7. The van der Waals surface area contributed by atoms with E-state index >= 15 is 0 Å². The molecule has 1 aliphatic carbocycles. The summed E-state index contributed by atoms with van der Waals surface area (Å²) in [5, 5.41) is 3.39. The third-order valence-corrected chi connectivity index (χ3v) is 2.90. The molecule has 0 saturated heterocycles. The second-order valence-corrected chi connectivity index (χ2v) is 4.00. The number of terminal acetylenes is 1. The van der Waals surface area contributed by atoms with Gasteiger partial charge in [-0.15, -0.1) is 12.3 Å². The molecule has 0 spiro atoms. The molecule has 1 fully saturated rings. The van der Waals surface area contributed by atoms with Crippen molar-refractivity contribution in [3.05, 3.63) is 0 Å². The van der Waals surface area contributed by atoms with E-state index in [1.54, 1.807) is 0 Å². The molecule has 1 N–H and O–H groups in total. The largest absolute Gasteiger partial charge is 0.316 e. The van der Waals surface area contributed by atoms with Crippen LogP contribution < -0.4 is 5.32 Å². The van der Waals surface area contributed by atoms with Crippen molar-refractivity contribution in [3.8, 4) is 12.3 Å². The molecule has 1 aliphatic rings. The number of hydrogen-bond donors (Lipinski definition) is 1. The Bertz CT molecular complexity index is 151. The van der Waals surface area contributed by atoms with Crippen molar-refractivity contribution in [2.75, 3.05) is 13.1 Å². The lowest BCUT2D eigenvalue weighted by Gasteiger charge is -2.21. The van der Waals surface area contributed by atoms with Crippen LogP contribution in [0.1, 0.15) is 44.9 Å². The lowest BCUT2D eigenvalue weighted by molar-refractivity contribution is 0.334. The maximum Gasteiger partial charge on any atom is 0.0211 e. The Labute approximate surface area is 82.3 Å². The first-order chi connectivity index (χ1) is 6.43. The van der Waals surface area contributed by atoms with Crippen molar-refractivity contribution in [2.24, 2.45) is 5.92 Å². The minimum atomic E-state index is 0.866. The van der Waals surface area contributed by atoms with Gasteiger partial charge in [0.25, 0.3) is 0 Å². The molecule has 1 rings (SSSR count). The van der Waals surface area contributed by atoms with Crippen LogP contribution in [0.25, 0.3) is 0 Å². The Hall–Kier alpha value is -0.480. The van der Waals surface area contributed by atoms with Crippen molar-refractivity contribution in [3.63, 3.8) is 0 Å². The summed E-state index contributed by atoms with van der Waals surface area (Å²) in [4.78, 5) is 0. The van der Waals surface area contributed by atoms with Crippen molar-refractivity contribution in [2.45, 2.75) is 44.9 Å². The molecule has 0 bridgehead atoms. The zero-order chi connectivity index (χ0) is 9.36. The van der Waals surface area contributed by atoms with Crippen molar-refractivity contribution in [1.82, 2.24) is 5.32 Å². The molecule has 0 unspecified atom stereocenters. The summed E-state index contributed by atoms with van der Waals surface area (Å²) >= 11 is 0. The van der Waals surface area contributed by atoms with E-state index in [0.29, 0.717) is 0 Å². The van der Waals surface area contributed by atoms with Crippen LogP contribution in [0.5, 0.6) is 0 Å². The second kappa shape index (κ2) is 6.97. The van der Waals surface area contributed by atoms with Gasteiger partial charge in [-0.2, -0.15) is 0 Å². The van der Waals surface area contributed by atoms with Gasteiger partial charge in [0.05, 0.1) is 0 Å². The lowest BCUT2D eigenvalue weighted by atomic mass is 9.87. The third-order valence-electron chi connectivity index (χ3n) is 2.90. The summed E-state index contributed by atoms with van der Waals surface area (Å²) < 4.78 is 0. The molecule has 1 nitrogen and oxygen atoms in total. The van der Waals surface area contributed by atoms with E-state index in [2.05, 4.69) is 11.2 Å². The monoisotopic (exact) mass is 179 g/mol. The highest BCUT2D eigenvalue weighted by Crippen LogP contribution is 2.25. The second-order valence-electron chi connectivity index (χ2n) is 4.00. The Morgan fingerprint density at radius 1 is 1.15 bits per heavy atom. The van der Waals surface area contributed by atoms with Gasteiger partial charge >= 0.3 is 0 Å². The van der Waals surface area contributed by atoms with Gasteiger partial charge in [0, 0.05) is 13.0 Å². The maximum atomic E-state index is 5.16. The Balaban J connectivity index is 1.90. The van der Waals surface area contributed by atoms with Crippen LogP contribution in [-0.4, -0.2) is 13.1 Å². The van der Waals surface area contributed by atoms with Crippen LogP contribution in [-0.2, 0) is 0 Å². The Morgan fingerprint density at radius 2 is 1.92 bits per heavy atom. The minimum Gasteiger partial charge on any atom is -0.316 e. The first-order valence-electron chi connectivity index (χ1n) is 5.57. The maximum absolute atomic E-state index is 5.16. The smallest absolute Gasteiger partial charge is 0.0211 e. The van der Waals surface area contributed by atoms with Crippen LogP contribution in [0, 0.1) is 18.3 Å². The average molecular weight is 179 g/mol. The summed E-state index contributed by atoms with van der Waals surface area (Å²) in [5.74, 6) is 3.64. The van der Waals surface area contributed by atoms with Gasteiger partial charge in [0.1, 0.15) is 0 Å². The Kier molecular flexibility index (Phi) is 5.69. The van der Waals surface area contributed by atoms with Gasteiger partial charge in [-0.05, 0) is 18.9 Å². The number of nitrogens with one attached hydrogen (secondary N) is 1. The highest BCUT2D eigenvalue weighted by molar-refractivity contribution is 4.84. The molecular weight excluding hydrogens is 158 g/mol. The summed E-state index contributed by atoms with van der Waals surface area (Å²) in [7, 11) is 0. The van der Waals surface area contributed by atoms with Gasteiger partial charge in [-0.1, -0.05) is 32.1 Å². The zero-order valence-corrected chi connectivity index (χ0v) is 8.52. The van der Waals surface area contributed by atoms with Crippen LogP contribution in [0.2, 0.25) is 0 Å². The van der Waals surface area contributed by atoms with E-state index in [1.807, 2.05) is 0 Å². The van der Waals surface area contributed by atoms with E-state index in [1.165, 1.54) is 38.5 Å². The molecule has 1 saturated carbocycles. The normalized spacial score (nSPS) is 18.4. The van der Waals surface area contributed by atoms with Gasteiger partial charge in [-0.3, -0.25) is 0 Å². The van der Waals surface area contributed by atoms with Gasteiger partial charge < -0.3 is 5.32 Å². The van der Waals surface area contributed by atoms with Crippen LogP contribution >= 0.6 is 0 Å². The van der Waals surface area contributed by atoms with Crippen LogP contribution in [0.3, 0.4) is 0 Å². The molecular formula is C12H21N. The van der Waals surface area contributed by atoms with Crippen molar-refractivity contribution in [1.29, 1.82) is 0 Å². The molecule has 0 aliphatic heterocycles. The third kappa shape index (κ3) is 4.95. The van der Waals surface area contributed by atoms with Gasteiger partial charge in [-0.25, -0.2) is 0 Å². The topological polar surface area (TPSA) is 12.0 Å². The van der Waals surface area contributed by atoms with Crippen molar-refractivity contribution < 1.29 is 0 Å². The van der Waals surface area contributed by atoms with E-state index in [-0.39, 0.29) is 0 Å².